The van der Waals surface area contributed by atoms with E-state index in [1.807, 2.05) is 18.2 Å². The molecule has 0 unspecified atom stereocenters. The van der Waals surface area contributed by atoms with E-state index in [4.69, 9.17) is 17.0 Å². The number of nitrogens with one attached hydrogen (secondary N) is 1. The summed E-state index contributed by atoms with van der Waals surface area (Å²) >= 11 is 8.81. The summed E-state index contributed by atoms with van der Waals surface area (Å²) in [5, 5.41) is 0. The summed E-state index contributed by atoms with van der Waals surface area (Å²) in [5.74, 6) is 1.74. The fraction of sp³-hybridized carbons (Fsp3) is 0.333. The predicted octanol–water partition coefficient (Wildman–Crippen LogP) is 4.45. The number of ether oxygens (including phenoxy) is 1. The van der Waals surface area contributed by atoms with Gasteiger partial charge in [-0.25, -0.2) is 4.98 Å². The van der Waals surface area contributed by atoms with Crippen molar-refractivity contribution in [3.05, 3.63) is 50.5 Å². The zero-order valence-electron chi connectivity index (χ0n) is 11.6. The molecule has 1 N–H and O–H groups in total. The smallest absolute Gasteiger partial charge is 0.144 e. The molecular formula is C15H17BrN2OS. The van der Waals surface area contributed by atoms with E-state index >= 15 is 0 Å². The van der Waals surface area contributed by atoms with Gasteiger partial charge in [-0.3, -0.25) is 0 Å². The quantitative estimate of drug-likeness (QED) is 0.807. The Morgan fingerprint density at radius 3 is 2.90 bits per heavy atom. The van der Waals surface area contributed by atoms with Gasteiger partial charge in [0.05, 0.1) is 11.6 Å². The topological polar surface area (TPSA) is 37.9 Å². The second kappa shape index (κ2) is 6.99. The van der Waals surface area contributed by atoms with Gasteiger partial charge in [-0.05, 0) is 40.0 Å². The van der Waals surface area contributed by atoms with E-state index in [-0.39, 0.29) is 0 Å². The van der Waals surface area contributed by atoms with Crippen LogP contribution in [0.4, 0.5) is 0 Å². The molecule has 0 spiro atoms. The van der Waals surface area contributed by atoms with Gasteiger partial charge in [0.15, 0.2) is 0 Å². The number of hydrogen-bond donors (Lipinski definition) is 1. The van der Waals surface area contributed by atoms with Crippen LogP contribution in [0.2, 0.25) is 0 Å². The normalized spacial score (nSPS) is 10.6. The Balaban J connectivity index is 2.31. The molecule has 0 aliphatic carbocycles. The van der Waals surface area contributed by atoms with Crippen LogP contribution in [-0.4, -0.2) is 17.1 Å². The Kier molecular flexibility index (Phi) is 5.31. The lowest BCUT2D eigenvalue weighted by Gasteiger charge is -2.08. The average molecular weight is 353 g/mol. The van der Waals surface area contributed by atoms with E-state index in [2.05, 4.69) is 38.9 Å². The Morgan fingerprint density at radius 2 is 2.20 bits per heavy atom. The zero-order valence-corrected chi connectivity index (χ0v) is 14.0. The van der Waals surface area contributed by atoms with Crippen molar-refractivity contribution < 1.29 is 4.74 Å². The van der Waals surface area contributed by atoms with Crippen LogP contribution in [0.5, 0.6) is 5.75 Å². The number of halogens is 1. The second-order valence-corrected chi connectivity index (χ2v) is 5.74. The van der Waals surface area contributed by atoms with E-state index in [1.165, 1.54) is 0 Å². The van der Waals surface area contributed by atoms with Crippen molar-refractivity contribution in [2.75, 3.05) is 7.11 Å². The lowest BCUT2D eigenvalue weighted by Crippen LogP contribution is -2.03. The van der Waals surface area contributed by atoms with Crippen molar-refractivity contribution in [1.29, 1.82) is 0 Å². The van der Waals surface area contributed by atoms with Crippen LogP contribution >= 0.6 is 28.1 Å². The van der Waals surface area contributed by atoms with Crippen LogP contribution < -0.4 is 4.74 Å². The Morgan fingerprint density at radius 1 is 1.40 bits per heavy atom. The van der Waals surface area contributed by atoms with Crippen molar-refractivity contribution in [2.24, 2.45) is 0 Å². The maximum atomic E-state index is 5.30. The summed E-state index contributed by atoms with van der Waals surface area (Å²) in [6.45, 7) is 2.14. The first-order chi connectivity index (χ1) is 9.63. The summed E-state index contributed by atoms with van der Waals surface area (Å²) in [7, 11) is 1.67. The summed E-state index contributed by atoms with van der Waals surface area (Å²) in [6, 6.07) is 7.99. The first-order valence-corrected chi connectivity index (χ1v) is 7.74. The maximum Gasteiger partial charge on any atom is 0.144 e. The lowest BCUT2D eigenvalue weighted by atomic mass is 10.1. The number of nitrogens with zero attached hydrogens (tertiary/aromatic N) is 1. The minimum Gasteiger partial charge on any atom is -0.497 e. The highest BCUT2D eigenvalue weighted by Crippen LogP contribution is 2.19. The molecule has 0 atom stereocenters. The molecule has 0 saturated heterocycles. The zero-order chi connectivity index (χ0) is 14.5. The van der Waals surface area contributed by atoms with Crippen molar-refractivity contribution in [2.45, 2.75) is 26.2 Å². The molecule has 0 radical (unpaired) electrons. The molecule has 0 amide bonds. The maximum absolute atomic E-state index is 5.30. The Bertz CT molecular complexity index is 655. The monoisotopic (exact) mass is 352 g/mol. The summed E-state index contributed by atoms with van der Waals surface area (Å²) in [5.41, 5.74) is 2.26. The van der Waals surface area contributed by atoms with Gasteiger partial charge in [0.1, 0.15) is 16.2 Å². The third-order valence-electron chi connectivity index (χ3n) is 2.99. The van der Waals surface area contributed by atoms with E-state index in [1.54, 1.807) is 7.11 Å². The van der Waals surface area contributed by atoms with Crippen molar-refractivity contribution in [1.82, 2.24) is 9.97 Å². The Hall–Kier alpha value is -1.20. The molecule has 1 aromatic heterocycles. The number of methoxy groups -OCH3 is 1. The highest BCUT2D eigenvalue weighted by Gasteiger charge is 2.07. The van der Waals surface area contributed by atoms with Crippen LogP contribution in [-0.2, 0) is 12.8 Å². The van der Waals surface area contributed by atoms with Gasteiger partial charge < -0.3 is 9.72 Å². The molecule has 0 fully saturated rings. The molecule has 3 nitrogen and oxygen atoms in total. The standard InChI is InChI=1S/C15H17BrN2OS/c1-3-5-12-14(16)15(20)18-13(17-12)9-10-6-4-7-11(8-10)19-2/h4,6-8H,3,5,9H2,1-2H3,(H,17,18,20). The fourth-order valence-electron chi connectivity index (χ4n) is 2.04. The SMILES string of the molecule is CCCc1[nH]c(Cc2cccc(OC)c2)nc(=S)c1Br. The average Bonchev–Trinajstić information content (AvgIpc) is 2.44. The van der Waals surface area contributed by atoms with Crippen molar-refractivity contribution >= 4 is 28.1 Å². The summed E-state index contributed by atoms with van der Waals surface area (Å²) in [4.78, 5) is 7.81. The van der Waals surface area contributed by atoms with Crippen molar-refractivity contribution in [3.63, 3.8) is 0 Å². The van der Waals surface area contributed by atoms with E-state index < -0.39 is 0 Å². The van der Waals surface area contributed by atoms with Crippen LogP contribution in [0.3, 0.4) is 0 Å². The molecule has 20 heavy (non-hydrogen) atoms. The molecule has 0 saturated carbocycles. The molecular weight excluding hydrogens is 336 g/mol. The molecule has 1 aromatic carbocycles. The van der Waals surface area contributed by atoms with Crippen molar-refractivity contribution in [3.8, 4) is 5.75 Å². The van der Waals surface area contributed by atoms with Gasteiger partial charge in [-0.2, -0.15) is 0 Å². The van der Waals surface area contributed by atoms with Crippen LogP contribution in [0.25, 0.3) is 0 Å². The summed E-state index contributed by atoms with van der Waals surface area (Å²) < 4.78 is 6.76. The lowest BCUT2D eigenvalue weighted by molar-refractivity contribution is 0.414. The number of aryl methyl sites for hydroxylation is 1. The highest BCUT2D eigenvalue weighted by atomic mass is 79.9. The number of hydrogen-bond acceptors (Lipinski definition) is 3. The number of H-pyrrole nitrogens is 1. The third kappa shape index (κ3) is 3.67. The van der Waals surface area contributed by atoms with Gasteiger partial charge >= 0.3 is 0 Å². The van der Waals surface area contributed by atoms with Crippen LogP contribution in [0, 0.1) is 4.64 Å². The molecule has 5 heteroatoms. The first-order valence-electron chi connectivity index (χ1n) is 6.54. The highest BCUT2D eigenvalue weighted by molar-refractivity contribution is 9.10. The van der Waals surface area contributed by atoms with E-state index in [9.17, 15) is 0 Å². The van der Waals surface area contributed by atoms with Crippen LogP contribution in [0.15, 0.2) is 28.7 Å². The molecule has 0 bridgehead atoms. The Labute approximate surface area is 132 Å². The fourth-order valence-corrected chi connectivity index (χ4v) is 2.66. The van der Waals surface area contributed by atoms with Gasteiger partial charge in [0.2, 0.25) is 0 Å². The summed E-state index contributed by atoms with van der Waals surface area (Å²) in [6.07, 6.45) is 2.73. The minimum absolute atomic E-state index is 0.616. The predicted molar refractivity (Wildman–Crippen MR) is 86.9 cm³/mol. The number of rotatable bonds is 5. The number of aromatic amines is 1. The minimum atomic E-state index is 0.616. The molecule has 0 aliphatic rings. The van der Waals surface area contributed by atoms with Gasteiger partial charge in [0.25, 0.3) is 0 Å². The number of benzene rings is 1. The van der Waals surface area contributed by atoms with Gasteiger partial charge in [-0.15, -0.1) is 0 Å². The van der Waals surface area contributed by atoms with Crippen LogP contribution in [0.1, 0.15) is 30.4 Å². The molecule has 2 aromatic rings. The largest absolute Gasteiger partial charge is 0.497 e. The molecule has 1 heterocycles. The first kappa shape index (κ1) is 15.2. The van der Waals surface area contributed by atoms with Gasteiger partial charge in [-0.1, -0.05) is 37.7 Å². The molecule has 106 valence electrons. The second-order valence-electron chi connectivity index (χ2n) is 4.56. The molecule has 2 rings (SSSR count). The van der Waals surface area contributed by atoms with E-state index in [0.717, 1.165) is 40.1 Å². The molecule has 0 aliphatic heterocycles. The van der Waals surface area contributed by atoms with Gasteiger partial charge in [0, 0.05) is 12.1 Å². The third-order valence-corrected chi connectivity index (χ3v) is 4.40. The number of aromatic nitrogens is 2. The van der Waals surface area contributed by atoms with E-state index in [0.29, 0.717) is 11.1 Å².